The lowest BCUT2D eigenvalue weighted by molar-refractivity contribution is -0.123. The minimum atomic E-state index is -0.631. The number of benzene rings is 2. The number of thioether (sulfide) groups is 1. The smallest absolute Gasteiger partial charge is 0.251 e. The third kappa shape index (κ3) is 6.40. The lowest BCUT2D eigenvalue weighted by atomic mass is 10.1. The van der Waals surface area contributed by atoms with Gasteiger partial charge in [-0.15, -0.1) is 0 Å². The molecule has 0 spiro atoms. The second-order valence-electron chi connectivity index (χ2n) is 6.46. The van der Waals surface area contributed by atoms with Crippen LogP contribution in [0.1, 0.15) is 40.9 Å². The molecule has 2 N–H and O–H groups in total. The molecule has 2 aromatic rings. The Morgan fingerprint density at radius 1 is 1.11 bits per heavy atom. The summed E-state index contributed by atoms with van der Waals surface area (Å²) in [5, 5.41) is 5.74. The lowest BCUT2D eigenvalue weighted by Gasteiger charge is -2.21. The third-order valence-electron chi connectivity index (χ3n) is 4.24. The summed E-state index contributed by atoms with van der Waals surface area (Å²) >= 11 is 1.62. The molecule has 0 radical (unpaired) electrons. The molecule has 2 rings (SSSR count). The van der Waals surface area contributed by atoms with Crippen LogP contribution in [0.2, 0.25) is 0 Å². The van der Waals surface area contributed by atoms with Gasteiger partial charge in [-0.25, -0.2) is 4.39 Å². The van der Waals surface area contributed by atoms with Crippen LogP contribution in [0.4, 0.5) is 4.39 Å². The molecule has 2 atom stereocenters. The molecule has 27 heavy (non-hydrogen) atoms. The van der Waals surface area contributed by atoms with Gasteiger partial charge in [-0.1, -0.05) is 29.8 Å². The third-order valence-corrected chi connectivity index (χ3v) is 4.89. The van der Waals surface area contributed by atoms with Crippen molar-refractivity contribution in [2.45, 2.75) is 32.4 Å². The van der Waals surface area contributed by atoms with Crippen LogP contribution in [-0.2, 0) is 4.79 Å². The van der Waals surface area contributed by atoms with Crippen molar-refractivity contribution >= 4 is 23.6 Å². The minimum absolute atomic E-state index is 0.248. The maximum absolute atomic E-state index is 13.1. The standard InChI is InChI=1S/C21H25FN2O2S/c1-14-5-4-6-17(13-14)20(25)24-19(11-12-27-3)21(26)23-15(2)16-7-9-18(22)10-8-16/h4-10,13,15,19H,11-12H2,1-3H3,(H,23,26)(H,24,25). The van der Waals surface area contributed by atoms with Crippen LogP contribution in [0.5, 0.6) is 0 Å². The van der Waals surface area contributed by atoms with E-state index in [-0.39, 0.29) is 23.7 Å². The molecule has 0 aliphatic heterocycles. The van der Waals surface area contributed by atoms with E-state index in [1.54, 1.807) is 36.0 Å². The average molecular weight is 389 g/mol. The van der Waals surface area contributed by atoms with Crippen LogP contribution in [0.25, 0.3) is 0 Å². The molecule has 6 heteroatoms. The molecular weight excluding hydrogens is 363 g/mol. The van der Waals surface area contributed by atoms with Crippen molar-refractivity contribution in [2.24, 2.45) is 0 Å². The van der Waals surface area contributed by atoms with Gasteiger partial charge in [0, 0.05) is 5.56 Å². The topological polar surface area (TPSA) is 58.2 Å². The van der Waals surface area contributed by atoms with Gasteiger partial charge in [-0.3, -0.25) is 9.59 Å². The van der Waals surface area contributed by atoms with Gasteiger partial charge in [0.25, 0.3) is 5.91 Å². The molecule has 2 unspecified atom stereocenters. The molecule has 144 valence electrons. The van der Waals surface area contributed by atoms with Crippen LogP contribution in [0.3, 0.4) is 0 Å². The normalized spacial score (nSPS) is 12.9. The van der Waals surface area contributed by atoms with Crippen LogP contribution in [0, 0.1) is 12.7 Å². The second kappa shape index (κ2) is 10.1. The van der Waals surface area contributed by atoms with Crippen LogP contribution in [-0.4, -0.2) is 29.9 Å². The van der Waals surface area contributed by atoms with E-state index >= 15 is 0 Å². The van der Waals surface area contributed by atoms with E-state index < -0.39 is 6.04 Å². The molecule has 2 aromatic carbocycles. The van der Waals surface area contributed by atoms with Gasteiger partial charge in [0.05, 0.1) is 6.04 Å². The van der Waals surface area contributed by atoms with E-state index in [2.05, 4.69) is 10.6 Å². The Bertz CT molecular complexity index is 780. The number of hydrogen-bond acceptors (Lipinski definition) is 3. The predicted molar refractivity (Wildman–Crippen MR) is 108 cm³/mol. The maximum Gasteiger partial charge on any atom is 0.251 e. The number of amides is 2. The minimum Gasteiger partial charge on any atom is -0.348 e. The monoisotopic (exact) mass is 388 g/mol. The SMILES string of the molecule is CSCCC(NC(=O)c1cccc(C)c1)C(=O)NC(C)c1ccc(F)cc1. The molecule has 0 aromatic heterocycles. The first-order valence-electron chi connectivity index (χ1n) is 8.83. The van der Waals surface area contributed by atoms with Crippen LogP contribution >= 0.6 is 11.8 Å². The molecule has 0 bridgehead atoms. The molecule has 0 saturated heterocycles. The number of halogens is 1. The fraction of sp³-hybridized carbons (Fsp3) is 0.333. The van der Waals surface area contributed by atoms with E-state index in [0.29, 0.717) is 12.0 Å². The first-order chi connectivity index (χ1) is 12.9. The molecule has 2 amide bonds. The molecule has 0 heterocycles. The molecular formula is C21H25FN2O2S. The number of nitrogens with one attached hydrogen (secondary N) is 2. The Kier molecular flexibility index (Phi) is 7.85. The summed E-state index contributed by atoms with van der Waals surface area (Å²) in [6.45, 7) is 3.75. The Balaban J connectivity index is 2.06. The number of hydrogen-bond donors (Lipinski definition) is 2. The van der Waals surface area contributed by atoms with Gasteiger partial charge < -0.3 is 10.6 Å². The Hall–Kier alpha value is -2.34. The van der Waals surface area contributed by atoms with Crippen molar-refractivity contribution < 1.29 is 14.0 Å². The highest BCUT2D eigenvalue weighted by Crippen LogP contribution is 2.14. The van der Waals surface area contributed by atoms with Crippen molar-refractivity contribution in [3.8, 4) is 0 Å². The van der Waals surface area contributed by atoms with Crippen molar-refractivity contribution in [3.05, 3.63) is 71.0 Å². The number of rotatable bonds is 8. The summed E-state index contributed by atoms with van der Waals surface area (Å²) in [7, 11) is 0. The van der Waals surface area contributed by atoms with E-state index in [9.17, 15) is 14.0 Å². The summed E-state index contributed by atoms with van der Waals surface area (Å²) < 4.78 is 13.1. The highest BCUT2D eigenvalue weighted by molar-refractivity contribution is 7.98. The summed E-state index contributed by atoms with van der Waals surface area (Å²) in [5.74, 6) is -0.0892. The van der Waals surface area contributed by atoms with Gasteiger partial charge in [-0.05, 0) is 62.1 Å². The van der Waals surface area contributed by atoms with Crippen LogP contribution in [0.15, 0.2) is 48.5 Å². The summed E-state index contributed by atoms with van der Waals surface area (Å²) in [6, 6.07) is 12.3. The second-order valence-corrected chi connectivity index (χ2v) is 7.44. The fourth-order valence-electron chi connectivity index (χ4n) is 2.68. The van der Waals surface area contributed by atoms with Gasteiger partial charge in [0.2, 0.25) is 5.91 Å². The van der Waals surface area contributed by atoms with Gasteiger partial charge in [0.1, 0.15) is 11.9 Å². The van der Waals surface area contributed by atoms with Crippen LogP contribution < -0.4 is 10.6 Å². The van der Waals surface area contributed by atoms with E-state index in [1.165, 1.54) is 12.1 Å². The molecule has 0 fully saturated rings. The zero-order valence-corrected chi connectivity index (χ0v) is 16.6. The highest BCUT2D eigenvalue weighted by atomic mass is 32.2. The summed E-state index contributed by atoms with van der Waals surface area (Å²) in [5.41, 5.74) is 2.32. The van der Waals surface area contributed by atoms with Crippen molar-refractivity contribution in [1.29, 1.82) is 0 Å². The van der Waals surface area contributed by atoms with Crippen molar-refractivity contribution in [3.63, 3.8) is 0 Å². The predicted octanol–water partition coefficient (Wildman–Crippen LogP) is 3.86. The van der Waals surface area contributed by atoms with Gasteiger partial charge in [-0.2, -0.15) is 11.8 Å². The Morgan fingerprint density at radius 2 is 1.81 bits per heavy atom. The van der Waals surface area contributed by atoms with Crippen molar-refractivity contribution in [2.75, 3.05) is 12.0 Å². The van der Waals surface area contributed by atoms with E-state index in [4.69, 9.17) is 0 Å². The number of aryl methyl sites for hydroxylation is 1. The zero-order chi connectivity index (χ0) is 19.8. The fourth-order valence-corrected chi connectivity index (χ4v) is 3.15. The van der Waals surface area contributed by atoms with E-state index in [0.717, 1.165) is 16.9 Å². The van der Waals surface area contributed by atoms with E-state index in [1.807, 2.05) is 32.2 Å². The highest BCUT2D eigenvalue weighted by Gasteiger charge is 2.23. The zero-order valence-electron chi connectivity index (χ0n) is 15.8. The first-order valence-corrected chi connectivity index (χ1v) is 10.2. The molecule has 0 aliphatic carbocycles. The number of carbonyl (C=O) groups excluding carboxylic acids is 2. The number of carbonyl (C=O) groups is 2. The summed E-state index contributed by atoms with van der Waals surface area (Å²) in [4.78, 5) is 25.3. The Labute approximate surface area is 163 Å². The quantitative estimate of drug-likeness (QED) is 0.722. The Morgan fingerprint density at radius 3 is 2.44 bits per heavy atom. The maximum atomic E-state index is 13.1. The molecule has 0 saturated carbocycles. The first kappa shape index (κ1) is 21.0. The van der Waals surface area contributed by atoms with Gasteiger partial charge >= 0.3 is 0 Å². The van der Waals surface area contributed by atoms with Crippen molar-refractivity contribution in [1.82, 2.24) is 10.6 Å². The largest absolute Gasteiger partial charge is 0.348 e. The average Bonchev–Trinajstić information content (AvgIpc) is 2.65. The molecule has 4 nitrogen and oxygen atoms in total. The summed E-state index contributed by atoms with van der Waals surface area (Å²) in [6.07, 6.45) is 2.49. The van der Waals surface area contributed by atoms with Gasteiger partial charge in [0.15, 0.2) is 0 Å². The molecule has 0 aliphatic rings. The lowest BCUT2D eigenvalue weighted by Crippen LogP contribution is -2.47.